The highest BCUT2D eigenvalue weighted by Gasteiger charge is 2.31. The van der Waals surface area contributed by atoms with Crippen LogP contribution in [0.5, 0.6) is 0 Å². The molecule has 0 aromatic rings. The van der Waals surface area contributed by atoms with E-state index in [0.717, 1.165) is 120 Å². The number of phosphoric ester groups is 2. The molecule has 4 unspecified atom stereocenters. The fourth-order valence-corrected chi connectivity index (χ4v) is 15.0. The monoisotopic (exact) mass is 1550 g/mol. The van der Waals surface area contributed by atoms with Crippen molar-refractivity contribution in [2.24, 2.45) is 23.7 Å². The number of esters is 4. The number of carbonyl (C=O) groups is 4. The van der Waals surface area contributed by atoms with Crippen molar-refractivity contribution in [3.05, 3.63) is 0 Å². The molecule has 7 atom stereocenters. The summed E-state index contributed by atoms with van der Waals surface area (Å²) in [6, 6.07) is 0. The molecule has 106 heavy (non-hydrogen) atoms. The van der Waals surface area contributed by atoms with Crippen LogP contribution in [0.2, 0.25) is 0 Å². The zero-order valence-corrected chi connectivity index (χ0v) is 71.9. The second-order valence-corrected chi connectivity index (χ2v) is 35.6. The van der Waals surface area contributed by atoms with Crippen molar-refractivity contribution in [1.82, 2.24) is 0 Å². The molecule has 0 aliphatic rings. The van der Waals surface area contributed by atoms with Gasteiger partial charge in [-0.2, -0.15) is 0 Å². The van der Waals surface area contributed by atoms with Crippen LogP contribution in [0.25, 0.3) is 0 Å². The number of aliphatic hydroxyl groups is 1. The average Bonchev–Trinajstić information content (AvgIpc) is 0.925. The normalized spacial score (nSPS) is 14.4. The summed E-state index contributed by atoms with van der Waals surface area (Å²) in [5.74, 6) is 1.09. The predicted octanol–water partition coefficient (Wildman–Crippen LogP) is 26.3. The summed E-state index contributed by atoms with van der Waals surface area (Å²) in [6.45, 7) is 14.4. The van der Waals surface area contributed by atoms with E-state index in [0.29, 0.717) is 25.7 Å². The lowest BCUT2D eigenvalue weighted by atomic mass is 9.99. The van der Waals surface area contributed by atoms with Gasteiger partial charge in [0, 0.05) is 25.7 Å². The summed E-state index contributed by atoms with van der Waals surface area (Å²) >= 11 is 0. The fourth-order valence-electron chi connectivity index (χ4n) is 13.4. The second-order valence-electron chi connectivity index (χ2n) is 32.7. The van der Waals surface area contributed by atoms with Gasteiger partial charge < -0.3 is 33.8 Å². The first-order valence-electron chi connectivity index (χ1n) is 44.8. The van der Waals surface area contributed by atoms with E-state index in [4.69, 9.17) is 37.0 Å². The Morgan fingerprint density at radius 2 is 0.453 bits per heavy atom. The number of carbonyl (C=O) groups excluding carboxylic acids is 4. The van der Waals surface area contributed by atoms with Crippen LogP contribution in [0.1, 0.15) is 453 Å². The number of unbranched alkanes of at least 4 members (excludes halogenated alkanes) is 48. The Labute approximate surface area is 651 Å². The first-order chi connectivity index (χ1) is 51.2. The fraction of sp³-hybridized carbons (Fsp3) is 0.954. The Morgan fingerprint density at radius 1 is 0.264 bits per heavy atom. The smallest absolute Gasteiger partial charge is 0.462 e. The summed E-state index contributed by atoms with van der Waals surface area (Å²) in [4.78, 5) is 73.2. The number of hydrogen-bond donors (Lipinski definition) is 3. The molecular formula is C87H170O17P2. The Bertz CT molecular complexity index is 2060. The lowest BCUT2D eigenvalue weighted by molar-refractivity contribution is -0.161. The van der Waals surface area contributed by atoms with Crippen LogP contribution in [0.15, 0.2) is 0 Å². The standard InChI is InChI=1S/C87H170O17P2/c1-9-79(7)65-57-49-41-35-29-23-15-13-11-12-14-16-25-31-37-43-53-61-69-86(91)103-82(73-97-84(89)67-59-51-42-36-30-24-19-17-21-27-33-39-47-55-63-77(3)4)75-101-105(93,94)99-71-81(88)72-100-106(95,96)102-76-83(74-98-85(90)68-60-52-46-45-50-58-66-80(8)10-2)104-87(92)70-62-54-44-38-32-26-20-18-22-28-34-40-48-56-64-78(5)6/h77-83,88H,9-76H2,1-8H3,(H,93,94)(H,95,96)/t79?,80?,81-,82-,83-/m1/s1. The highest BCUT2D eigenvalue weighted by atomic mass is 31.2. The molecule has 630 valence electrons. The number of phosphoric acid groups is 2. The molecule has 0 radical (unpaired) electrons. The van der Waals surface area contributed by atoms with Crippen LogP contribution in [0.3, 0.4) is 0 Å². The van der Waals surface area contributed by atoms with Gasteiger partial charge in [0.25, 0.3) is 0 Å². The lowest BCUT2D eigenvalue weighted by Gasteiger charge is -2.21. The van der Waals surface area contributed by atoms with Crippen LogP contribution in [-0.4, -0.2) is 96.7 Å². The minimum absolute atomic E-state index is 0.106. The molecule has 0 rings (SSSR count). The summed E-state index contributed by atoms with van der Waals surface area (Å²) in [6.07, 6.45) is 65.3. The van der Waals surface area contributed by atoms with Crippen molar-refractivity contribution in [1.29, 1.82) is 0 Å². The number of ether oxygens (including phenoxy) is 4. The van der Waals surface area contributed by atoms with Gasteiger partial charge in [-0.05, 0) is 49.4 Å². The van der Waals surface area contributed by atoms with E-state index in [-0.39, 0.29) is 25.7 Å². The third-order valence-electron chi connectivity index (χ3n) is 21.0. The molecule has 17 nitrogen and oxygen atoms in total. The van der Waals surface area contributed by atoms with Gasteiger partial charge in [-0.1, -0.05) is 402 Å². The van der Waals surface area contributed by atoms with Crippen LogP contribution < -0.4 is 0 Å². The van der Waals surface area contributed by atoms with Gasteiger partial charge in [-0.25, -0.2) is 9.13 Å². The summed E-state index contributed by atoms with van der Waals surface area (Å²) in [5.41, 5.74) is 0. The van der Waals surface area contributed by atoms with E-state index in [1.165, 1.54) is 250 Å². The van der Waals surface area contributed by atoms with Gasteiger partial charge in [0.2, 0.25) is 0 Å². The molecule has 0 fully saturated rings. The SMILES string of the molecule is CCC(C)CCCCCCCCCCCCCCCCCCCCC(=O)O[C@H](COC(=O)CCCCCCCCCCCCCCCCC(C)C)COP(=O)(O)OC[C@@H](O)COP(=O)(O)OC[C@@H](COC(=O)CCCCCCCCC(C)CC)OC(=O)CCCCCCCCCCCCCCCCC(C)C. The van der Waals surface area contributed by atoms with E-state index >= 15 is 0 Å². The molecule has 0 aliphatic heterocycles. The molecule has 3 N–H and O–H groups in total. The quantitative estimate of drug-likeness (QED) is 0.0222. The molecule has 0 aliphatic carbocycles. The highest BCUT2D eigenvalue weighted by Crippen LogP contribution is 2.45. The van der Waals surface area contributed by atoms with Crippen molar-refractivity contribution in [2.75, 3.05) is 39.6 Å². The molecule has 0 saturated carbocycles. The minimum atomic E-state index is -4.97. The topological polar surface area (TPSA) is 237 Å². The highest BCUT2D eigenvalue weighted by molar-refractivity contribution is 7.47. The number of hydrogen-bond acceptors (Lipinski definition) is 15. The largest absolute Gasteiger partial charge is 0.472 e. The van der Waals surface area contributed by atoms with Crippen molar-refractivity contribution in [3.8, 4) is 0 Å². The Hall–Kier alpha value is -1.94. The van der Waals surface area contributed by atoms with Crippen LogP contribution in [-0.2, 0) is 65.4 Å². The number of aliphatic hydroxyl groups excluding tert-OH is 1. The van der Waals surface area contributed by atoms with Crippen LogP contribution in [0, 0.1) is 23.7 Å². The van der Waals surface area contributed by atoms with Crippen LogP contribution in [0.4, 0.5) is 0 Å². The van der Waals surface area contributed by atoms with Gasteiger partial charge >= 0.3 is 39.5 Å². The zero-order chi connectivity index (χ0) is 78.1. The molecule has 0 aromatic heterocycles. The van der Waals surface area contributed by atoms with E-state index in [1.54, 1.807) is 0 Å². The molecule has 0 bridgehead atoms. The number of rotatable bonds is 84. The molecule has 19 heteroatoms. The molecule has 0 heterocycles. The summed E-state index contributed by atoms with van der Waals surface area (Å²) in [7, 11) is -9.93. The van der Waals surface area contributed by atoms with Crippen molar-refractivity contribution in [3.63, 3.8) is 0 Å². The van der Waals surface area contributed by atoms with E-state index < -0.39 is 97.5 Å². The van der Waals surface area contributed by atoms with Gasteiger partial charge in [0.15, 0.2) is 12.2 Å². The summed E-state index contributed by atoms with van der Waals surface area (Å²) in [5, 5.41) is 10.7. The third-order valence-corrected chi connectivity index (χ3v) is 22.9. The first kappa shape index (κ1) is 104. The lowest BCUT2D eigenvalue weighted by Crippen LogP contribution is -2.30. The van der Waals surface area contributed by atoms with Gasteiger partial charge in [-0.3, -0.25) is 37.3 Å². The van der Waals surface area contributed by atoms with Crippen molar-refractivity contribution in [2.45, 2.75) is 472 Å². The predicted molar refractivity (Wildman–Crippen MR) is 437 cm³/mol. The Kier molecular flexibility index (Phi) is 74.3. The minimum Gasteiger partial charge on any atom is -0.462 e. The van der Waals surface area contributed by atoms with Gasteiger partial charge in [-0.15, -0.1) is 0 Å². The van der Waals surface area contributed by atoms with E-state index in [2.05, 4.69) is 55.4 Å². The summed E-state index contributed by atoms with van der Waals surface area (Å²) < 4.78 is 68.9. The maximum atomic E-state index is 13.2. The Morgan fingerprint density at radius 3 is 0.670 bits per heavy atom. The Balaban J connectivity index is 5.23. The first-order valence-corrected chi connectivity index (χ1v) is 47.8. The molecule has 0 amide bonds. The second kappa shape index (κ2) is 75.7. The molecule has 0 saturated heterocycles. The van der Waals surface area contributed by atoms with Gasteiger partial charge in [0.1, 0.15) is 19.3 Å². The van der Waals surface area contributed by atoms with E-state index in [1.807, 2.05) is 0 Å². The molecular weight excluding hydrogens is 1380 g/mol. The van der Waals surface area contributed by atoms with E-state index in [9.17, 15) is 43.2 Å². The maximum absolute atomic E-state index is 13.2. The third kappa shape index (κ3) is 77.4. The van der Waals surface area contributed by atoms with Gasteiger partial charge in [0.05, 0.1) is 26.4 Å². The average molecular weight is 1550 g/mol. The maximum Gasteiger partial charge on any atom is 0.472 e. The van der Waals surface area contributed by atoms with Crippen molar-refractivity contribution < 1.29 is 80.2 Å². The molecule has 0 aromatic carbocycles. The van der Waals surface area contributed by atoms with Crippen LogP contribution >= 0.6 is 15.6 Å². The molecule has 0 spiro atoms. The zero-order valence-electron chi connectivity index (χ0n) is 70.1. The van der Waals surface area contributed by atoms with Crippen molar-refractivity contribution >= 4 is 39.5 Å².